The van der Waals surface area contributed by atoms with Crippen LogP contribution in [0.4, 0.5) is 0 Å². The fourth-order valence-corrected chi connectivity index (χ4v) is 7.78. The maximum atomic E-state index is 4.37. The van der Waals surface area contributed by atoms with Gasteiger partial charge in [-0.25, -0.2) is 4.98 Å². The molecule has 0 fully saturated rings. The van der Waals surface area contributed by atoms with Crippen molar-refractivity contribution in [1.29, 1.82) is 0 Å². The monoisotopic (exact) mass is 526 g/mol. The highest BCUT2D eigenvalue weighted by molar-refractivity contribution is 6.84. The molecule has 4 aromatic carbocycles. The number of hydrogen-bond acceptors (Lipinski definition) is 1. The SMILES string of the molecule is C=C(C)CCC[SiH2]C(c1ccccc1)(c1ccccc1)n1ccnc1.CB(c1ccccc1)c1ccccc1. The number of nitrogens with zero attached hydrogens (tertiary/aromatic N) is 2. The Morgan fingerprint density at radius 2 is 1.23 bits per heavy atom. The minimum absolute atomic E-state index is 0.0892. The van der Waals surface area contributed by atoms with Crippen LogP contribution in [0.1, 0.15) is 30.9 Å². The summed E-state index contributed by atoms with van der Waals surface area (Å²) in [5.74, 6) is 0. The predicted molar refractivity (Wildman–Crippen MR) is 172 cm³/mol. The largest absolute Gasteiger partial charge is 0.327 e. The van der Waals surface area contributed by atoms with E-state index in [9.17, 15) is 0 Å². The summed E-state index contributed by atoms with van der Waals surface area (Å²) in [5.41, 5.74) is 6.75. The van der Waals surface area contributed by atoms with Gasteiger partial charge < -0.3 is 4.57 Å². The van der Waals surface area contributed by atoms with Crippen LogP contribution in [0.25, 0.3) is 0 Å². The van der Waals surface area contributed by atoms with E-state index in [-0.39, 0.29) is 5.16 Å². The first kappa shape index (κ1) is 28.1. The lowest BCUT2D eigenvalue weighted by molar-refractivity contribution is 0.588. The molecule has 0 spiro atoms. The number of aromatic nitrogens is 2. The Balaban J connectivity index is 0.000000212. The molecule has 0 aliphatic carbocycles. The van der Waals surface area contributed by atoms with Crippen molar-refractivity contribution < 1.29 is 0 Å². The third-order valence-corrected chi connectivity index (χ3v) is 10.2. The Hall–Kier alpha value is -3.89. The molecule has 0 N–H and O–H groups in total. The third kappa shape index (κ3) is 7.36. The highest BCUT2D eigenvalue weighted by Gasteiger charge is 2.35. The fourth-order valence-electron chi connectivity index (χ4n) is 5.28. The Morgan fingerprint density at radius 3 is 1.64 bits per heavy atom. The van der Waals surface area contributed by atoms with Crippen molar-refractivity contribution >= 4 is 27.2 Å². The van der Waals surface area contributed by atoms with E-state index in [0.717, 1.165) is 6.42 Å². The average Bonchev–Trinajstić information content (AvgIpc) is 3.55. The highest BCUT2D eigenvalue weighted by atomic mass is 28.2. The van der Waals surface area contributed by atoms with Gasteiger partial charge >= 0.3 is 0 Å². The van der Waals surface area contributed by atoms with Crippen molar-refractivity contribution in [3.63, 3.8) is 0 Å². The zero-order chi connectivity index (χ0) is 27.3. The van der Waals surface area contributed by atoms with Gasteiger partial charge in [0.15, 0.2) is 0 Å². The zero-order valence-electron chi connectivity index (χ0n) is 23.3. The molecule has 1 heterocycles. The molecule has 0 unspecified atom stereocenters. The molecule has 2 nitrogen and oxygen atoms in total. The minimum Gasteiger partial charge on any atom is -0.327 e. The standard InChI is InChI=1S/C22H26N2Si.C13H13B/c1-19(2)10-9-17-25-22(24-16-15-23-18-24,20-11-5-3-6-12-20)21-13-7-4-8-14-21;1-14(12-8-4-2-5-9-12)13-10-6-3-7-11-13/h3-8,11-16,18H,1,9-10,17,25H2,2H3;2-11H,1H3. The average molecular weight is 527 g/mol. The van der Waals surface area contributed by atoms with Gasteiger partial charge in [0.1, 0.15) is 0 Å². The second kappa shape index (κ2) is 14.3. The second-order valence-corrected chi connectivity index (χ2v) is 12.5. The van der Waals surface area contributed by atoms with Crippen LogP contribution >= 0.6 is 0 Å². The molecule has 196 valence electrons. The van der Waals surface area contributed by atoms with E-state index < -0.39 is 9.52 Å². The molecule has 0 atom stereocenters. The minimum atomic E-state index is -0.508. The lowest BCUT2D eigenvalue weighted by Crippen LogP contribution is -2.41. The van der Waals surface area contributed by atoms with Crippen LogP contribution in [0.3, 0.4) is 0 Å². The Kier molecular flexibility index (Phi) is 10.3. The first-order chi connectivity index (χ1) is 19.1. The van der Waals surface area contributed by atoms with E-state index in [0.29, 0.717) is 6.71 Å². The number of rotatable bonds is 10. The third-order valence-electron chi connectivity index (χ3n) is 7.44. The molecule has 0 saturated carbocycles. The van der Waals surface area contributed by atoms with E-state index in [2.05, 4.69) is 157 Å². The normalized spacial score (nSPS) is 11.1. The zero-order valence-corrected chi connectivity index (χ0v) is 24.7. The summed E-state index contributed by atoms with van der Waals surface area (Å²) < 4.78 is 2.32. The lowest BCUT2D eigenvalue weighted by Gasteiger charge is -2.37. The van der Waals surface area contributed by atoms with E-state index in [4.69, 9.17) is 0 Å². The van der Waals surface area contributed by atoms with Crippen LogP contribution < -0.4 is 10.9 Å². The van der Waals surface area contributed by atoms with Gasteiger partial charge in [-0.1, -0.05) is 157 Å². The molecule has 0 aliphatic rings. The smallest absolute Gasteiger partial charge is 0.206 e. The molecule has 5 aromatic rings. The van der Waals surface area contributed by atoms with Crippen LogP contribution in [0.2, 0.25) is 12.9 Å². The van der Waals surface area contributed by atoms with Crippen LogP contribution in [0, 0.1) is 0 Å². The molecule has 0 bridgehead atoms. The van der Waals surface area contributed by atoms with Crippen molar-refractivity contribution in [2.45, 2.75) is 37.8 Å². The van der Waals surface area contributed by atoms with Gasteiger partial charge in [-0.2, -0.15) is 0 Å². The van der Waals surface area contributed by atoms with Crippen molar-refractivity contribution in [1.82, 2.24) is 9.55 Å². The van der Waals surface area contributed by atoms with Crippen LogP contribution in [0.5, 0.6) is 0 Å². The number of benzene rings is 4. The van der Waals surface area contributed by atoms with Gasteiger partial charge in [0.2, 0.25) is 6.71 Å². The molecular weight excluding hydrogens is 487 g/mol. The summed E-state index contributed by atoms with van der Waals surface area (Å²) in [6.07, 6.45) is 8.33. The van der Waals surface area contributed by atoms with Gasteiger partial charge in [0.25, 0.3) is 0 Å². The van der Waals surface area contributed by atoms with E-state index >= 15 is 0 Å². The maximum Gasteiger partial charge on any atom is 0.206 e. The molecular formula is C35H39BN2Si. The quantitative estimate of drug-likeness (QED) is 0.115. The van der Waals surface area contributed by atoms with Crippen molar-refractivity contribution in [3.8, 4) is 0 Å². The molecule has 4 heteroatoms. The van der Waals surface area contributed by atoms with Crippen molar-refractivity contribution in [2.24, 2.45) is 0 Å². The number of allylic oxidation sites excluding steroid dienone is 1. The van der Waals surface area contributed by atoms with Gasteiger partial charge in [0.05, 0.1) is 21.0 Å². The highest BCUT2D eigenvalue weighted by Crippen LogP contribution is 2.34. The molecule has 0 saturated heterocycles. The molecule has 39 heavy (non-hydrogen) atoms. The van der Waals surface area contributed by atoms with Crippen molar-refractivity contribution in [2.75, 3.05) is 0 Å². The molecule has 0 aliphatic heterocycles. The first-order valence-corrected chi connectivity index (χ1v) is 15.7. The van der Waals surface area contributed by atoms with Crippen LogP contribution in [-0.2, 0) is 5.16 Å². The fraction of sp³-hybridized carbons (Fsp3) is 0.171. The Bertz CT molecular complexity index is 1290. The Morgan fingerprint density at radius 1 is 0.769 bits per heavy atom. The van der Waals surface area contributed by atoms with E-state index in [1.54, 1.807) is 0 Å². The molecule has 1 aromatic heterocycles. The van der Waals surface area contributed by atoms with Crippen molar-refractivity contribution in [3.05, 3.63) is 163 Å². The molecule has 0 radical (unpaired) electrons. The van der Waals surface area contributed by atoms with Gasteiger partial charge in [-0.15, -0.1) is 6.58 Å². The van der Waals surface area contributed by atoms with Crippen LogP contribution in [-0.4, -0.2) is 25.8 Å². The Labute approximate surface area is 237 Å². The summed E-state index contributed by atoms with van der Waals surface area (Å²) in [5, 5.41) is -0.0892. The lowest BCUT2D eigenvalue weighted by atomic mass is 9.43. The number of imidazole rings is 1. The summed E-state index contributed by atoms with van der Waals surface area (Å²) in [6.45, 7) is 8.90. The van der Waals surface area contributed by atoms with E-state index in [1.807, 2.05) is 12.5 Å². The molecule has 5 rings (SSSR count). The van der Waals surface area contributed by atoms with Gasteiger partial charge in [0, 0.05) is 12.4 Å². The summed E-state index contributed by atoms with van der Waals surface area (Å²) in [6, 6.07) is 44.3. The van der Waals surface area contributed by atoms with E-state index in [1.165, 1.54) is 40.1 Å². The summed E-state index contributed by atoms with van der Waals surface area (Å²) >= 11 is 0. The number of hydrogen-bond donors (Lipinski definition) is 0. The topological polar surface area (TPSA) is 17.8 Å². The summed E-state index contributed by atoms with van der Waals surface area (Å²) in [7, 11) is -0.508. The maximum absolute atomic E-state index is 4.37. The van der Waals surface area contributed by atoms with Gasteiger partial charge in [-0.05, 0) is 24.5 Å². The van der Waals surface area contributed by atoms with Crippen LogP contribution in [0.15, 0.2) is 152 Å². The predicted octanol–water partition coefficient (Wildman–Crippen LogP) is 6.50. The van der Waals surface area contributed by atoms with Gasteiger partial charge in [-0.3, -0.25) is 0 Å². The summed E-state index contributed by atoms with van der Waals surface area (Å²) in [4.78, 5) is 4.37. The molecule has 0 amide bonds. The second-order valence-electron chi connectivity index (χ2n) is 10.3. The first-order valence-electron chi connectivity index (χ1n) is 13.9.